The van der Waals surface area contributed by atoms with Gasteiger partial charge in [0.05, 0.1) is 5.60 Å². The molecule has 0 unspecified atom stereocenters. The van der Waals surface area contributed by atoms with Gasteiger partial charge in [-0.15, -0.1) is 0 Å². The van der Waals surface area contributed by atoms with Gasteiger partial charge in [-0.2, -0.15) is 0 Å². The van der Waals surface area contributed by atoms with Gasteiger partial charge in [0.1, 0.15) is 5.82 Å². The number of aliphatic hydroxyl groups is 1. The van der Waals surface area contributed by atoms with Gasteiger partial charge in [-0.25, -0.2) is 4.39 Å². The summed E-state index contributed by atoms with van der Waals surface area (Å²) in [5, 5.41) is 9.69. The van der Waals surface area contributed by atoms with Crippen LogP contribution in [0.5, 0.6) is 0 Å². The first kappa shape index (κ1) is 8.66. The van der Waals surface area contributed by atoms with Crippen LogP contribution in [0, 0.1) is 5.82 Å². The zero-order chi connectivity index (χ0) is 9.47. The van der Waals surface area contributed by atoms with E-state index < -0.39 is 5.60 Å². The Balaban J connectivity index is 2.36. The van der Waals surface area contributed by atoms with Crippen LogP contribution in [0.3, 0.4) is 0 Å². The van der Waals surface area contributed by atoms with Gasteiger partial charge in [0, 0.05) is 12.1 Å². The molecule has 0 spiro atoms. The normalized spacial score (nSPS) is 18.7. The molecule has 1 aliphatic carbocycles. The van der Waals surface area contributed by atoms with Crippen molar-refractivity contribution >= 4 is 0 Å². The van der Waals surface area contributed by atoms with Crippen LogP contribution in [0.25, 0.3) is 0 Å². The van der Waals surface area contributed by atoms with E-state index in [-0.39, 0.29) is 12.4 Å². The monoisotopic (exact) mass is 181 g/mol. The summed E-state index contributed by atoms with van der Waals surface area (Å²) in [5.41, 5.74) is 5.73. The average molecular weight is 181 g/mol. The predicted octanol–water partition coefficient (Wildman–Crippen LogP) is 1.27. The fourth-order valence-electron chi connectivity index (χ4n) is 1.41. The maximum Gasteiger partial charge on any atom is 0.128 e. The molecule has 0 heterocycles. The van der Waals surface area contributed by atoms with Gasteiger partial charge >= 0.3 is 0 Å². The van der Waals surface area contributed by atoms with Crippen LogP contribution in [-0.4, -0.2) is 5.11 Å². The second kappa shape index (κ2) is 2.79. The van der Waals surface area contributed by atoms with Gasteiger partial charge in [-0.3, -0.25) is 0 Å². The Kier molecular flexibility index (Phi) is 1.86. The van der Waals surface area contributed by atoms with E-state index in [0.717, 1.165) is 12.8 Å². The molecule has 0 saturated heterocycles. The number of halogens is 1. The molecular formula is C10H12FNO. The zero-order valence-electron chi connectivity index (χ0n) is 7.26. The molecule has 13 heavy (non-hydrogen) atoms. The summed E-state index contributed by atoms with van der Waals surface area (Å²) in [6, 6.07) is 4.77. The number of rotatable bonds is 2. The highest BCUT2D eigenvalue weighted by molar-refractivity contribution is 5.31. The van der Waals surface area contributed by atoms with E-state index in [1.54, 1.807) is 12.1 Å². The van der Waals surface area contributed by atoms with Crippen molar-refractivity contribution in [2.75, 3.05) is 0 Å². The van der Waals surface area contributed by atoms with Crippen molar-refractivity contribution in [2.24, 2.45) is 5.73 Å². The van der Waals surface area contributed by atoms with E-state index in [9.17, 15) is 9.50 Å². The van der Waals surface area contributed by atoms with Gasteiger partial charge in [-0.1, -0.05) is 12.1 Å². The lowest BCUT2D eigenvalue weighted by Gasteiger charge is -2.09. The molecule has 2 nitrogen and oxygen atoms in total. The molecule has 1 aromatic carbocycles. The van der Waals surface area contributed by atoms with E-state index in [0.29, 0.717) is 11.1 Å². The second-order valence-electron chi connectivity index (χ2n) is 3.54. The first-order chi connectivity index (χ1) is 6.15. The van der Waals surface area contributed by atoms with Crippen LogP contribution >= 0.6 is 0 Å². The Labute approximate surface area is 76.2 Å². The van der Waals surface area contributed by atoms with Crippen LogP contribution in [0.4, 0.5) is 4.39 Å². The number of benzene rings is 1. The first-order valence-electron chi connectivity index (χ1n) is 4.37. The Morgan fingerprint density at radius 3 is 2.62 bits per heavy atom. The molecule has 1 aliphatic rings. The lowest BCUT2D eigenvalue weighted by Crippen LogP contribution is -2.07. The molecule has 3 N–H and O–H groups in total. The fourth-order valence-corrected chi connectivity index (χ4v) is 1.41. The minimum atomic E-state index is -0.756. The highest BCUT2D eigenvalue weighted by Gasteiger charge is 2.42. The Morgan fingerprint density at radius 2 is 2.15 bits per heavy atom. The lowest BCUT2D eigenvalue weighted by molar-refractivity contribution is 0.151. The second-order valence-corrected chi connectivity index (χ2v) is 3.54. The average Bonchev–Trinajstić information content (AvgIpc) is 2.85. The Morgan fingerprint density at radius 1 is 1.46 bits per heavy atom. The minimum absolute atomic E-state index is 0.199. The zero-order valence-corrected chi connectivity index (χ0v) is 7.26. The molecule has 0 atom stereocenters. The van der Waals surface area contributed by atoms with Crippen LogP contribution in [-0.2, 0) is 12.1 Å². The summed E-state index contributed by atoms with van der Waals surface area (Å²) in [4.78, 5) is 0. The molecule has 2 rings (SSSR count). The molecule has 1 aromatic rings. The standard InChI is InChI=1S/C10H12FNO/c11-9-5-8(10(13)3-4-10)2-1-7(9)6-12/h1-2,5,13H,3-4,6,12H2. The van der Waals surface area contributed by atoms with Crippen molar-refractivity contribution in [1.82, 2.24) is 0 Å². The summed E-state index contributed by atoms with van der Waals surface area (Å²) in [6.45, 7) is 0.199. The topological polar surface area (TPSA) is 46.2 Å². The molecule has 1 fully saturated rings. The quantitative estimate of drug-likeness (QED) is 0.721. The van der Waals surface area contributed by atoms with Gasteiger partial charge in [0.15, 0.2) is 0 Å². The summed E-state index contributed by atoms with van der Waals surface area (Å²) in [5.74, 6) is -0.319. The van der Waals surface area contributed by atoms with Crippen LogP contribution in [0.1, 0.15) is 24.0 Å². The minimum Gasteiger partial charge on any atom is -0.385 e. The third kappa shape index (κ3) is 1.45. The molecule has 0 aliphatic heterocycles. The molecule has 3 heteroatoms. The van der Waals surface area contributed by atoms with E-state index >= 15 is 0 Å². The molecule has 0 amide bonds. The molecule has 0 bridgehead atoms. The van der Waals surface area contributed by atoms with E-state index in [4.69, 9.17) is 5.73 Å². The number of nitrogens with two attached hydrogens (primary N) is 1. The van der Waals surface area contributed by atoms with Gasteiger partial charge in [-0.05, 0) is 24.5 Å². The molecule has 0 aromatic heterocycles. The smallest absolute Gasteiger partial charge is 0.128 e. The third-order valence-electron chi connectivity index (χ3n) is 2.53. The first-order valence-corrected chi connectivity index (χ1v) is 4.37. The molecular weight excluding hydrogens is 169 g/mol. The molecule has 1 saturated carbocycles. The van der Waals surface area contributed by atoms with E-state index in [1.165, 1.54) is 6.07 Å². The summed E-state index contributed by atoms with van der Waals surface area (Å²) in [7, 11) is 0. The van der Waals surface area contributed by atoms with Crippen LogP contribution in [0.15, 0.2) is 18.2 Å². The van der Waals surface area contributed by atoms with Crippen molar-refractivity contribution < 1.29 is 9.50 Å². The molecule has 0 radical (unpaired) electrons. The van der Waals surface area contributed by atoms with Gasteiger partial charge < -0.3 is 10.8 Å². The van der Waals surface area contributed by atoms with Crippen molar-refractivity contribution in [3.63, 3.8) is 0 Å². The fraction of sp³-hybridized carbons (Fsp3) is 0.400. The lowest BCUT2D eigenvalue weighted by atomic mass is 10.1. The maximum atomic E-state index is 13.2. The van der Waals surface area contributed by atoms with Crippen molar-refractivity contribution in [1.29, 1.82) is 0 Å². The predicted molar refractivity (Wildman–Crippen MR) is 47.4 cm³/mol. The number of hydrogen-bond acceptors (Lipinski definition) is 2. The summed E-state index contributed by atoms with van der Waals surface area (Å²) in [6.07, 6.45) is 1.46. The summed E-state index contributed by atoms with van der Waals surface area (Å²) < 4.78 is 13.2. The van der Waals surface area contributed by atoms with Crippen LogP contribution in [0.2, 0.25) is 0 Å². The van der Waals surface area contributed by atoms with Crippen LogP contribution < -0.4 is 5.73 Å². The largest absolute Gasteiger partial charge is 0.385 e. The van der Waals surface area contributed by atoms with E-state index in [1.807, 2.05) is 0 Å². The SMILES string of the molecule is NCc1ccc(C2(O)CC2)cc1F. The highest BCUT2D eigenvalue weighted by Crippen LogP contribution is 2.45. The number of hydrogen-bond donors (Lipinski definition) is 2. The van der Waals surface area contributed by atoms with Crippen molar-refractivity contribution in [2.45, 2.75) is 25.0 Å². The third-order valence-corrected chi connectivity index (χ3v) is 2.53. The van der Waals surface area contributed by atoms with E-state index in [2.05, 4.69) is 0 Å². The molecule has 70 valence electrons. The Bertz CT molecular complexity index is 334. The van der Waals surface area contributed by atoms with Gasteiger partial charge in [0.2, 0.25) is 0 Å². The van der Waals surface area contributed by atoms with Crippen molar-refractivity contribution in [3.8, 4) is 0 Å². The van der Waals surface area contributed by atoms with Gasteiger partial charge in [0.25, 0.3) is 0 Å². The van der Waals surface area contributed by atoms with Crippen molar-refractivity contribution in [3.05, 3.63) is 35.1 Å². The highest BCUT2D eigenvalue weighted by atomic mass is 19.1. The summed E-state index contributed by atoms with van der Waals surface area (Å²) >= 11 is 0. The maximum absolute atomic E-state index is 13.2. The Hall–Kier alpha value is -0.930.